The Labute approximate surface area is 243 Å². The molecule has 0 aromatic heterocycles. The highest BCUT2D eigenvalue weighted by atomic mass is 16.5. The SMILES string of the molecule is CCCCCCCCCCCCCCCCCC[N+](C)(C)CC.CCCCCCOc1ccc(C(=O)[O-])cc1. The topological polar surface area (TPSA) is 49.4 Å². The van der Waals surface area contributed by atoms with Crippen molar-refractivity contribution in [3.05, 3.63) is 29.8 Å². The van der Waals surface area contributed by atoms with E-state index in [-0.39, 0.29) is 5.56 Å². The molecule has 0 saturated carbocycles. The number of ether oxygens (including phenoxy) is 1. The average Bonchev–Trinajstić information content (AvgIpc) is 2.93. The number of carbonyl (C=O) groups is 1. The van der Waals surface area contributed by atoms with Gasteiger partial charge in [0.25, 0.3) is 0 Å². The molecule has 0 heterocycles. The number of nitrogens with zero attached hydrogens (tertiary/aromatic N) is 1. The molecule has 0 spiro atoms. The second-order valence-corrected chi connectivity index (χ2v) is 12.0. The second-order valence-electron chi connectivity index (χ2n) is 12.0. The minimum atomic E-state index is -1.16. The van der Waals surface area contributed by atoms with Gasteiger partial charge in [-0.1, -0.05) is 123 Å². The summed E-state index contributed by atoms with van der Waals surface area (Å²) in [4.78, 5) is 10.5. The third kappa shape index (κ3) is 25.2. The maximum absolute atomic E-state index is 10.5. The monoisotopic (exact) mass is 547 g/mol. The summed E-state index contributed by atoms with van der Waals surface area (Å²) < 4.78 is 6.67. The number of carboxylic acids is 1. The van der Waals surface area contributed by atoms with E-state index in [1.54, 1.807) is 12.1 Å². The highest BCUT2D eigenvalue weighted by Gasteiger charge is 2.09. The lowest BCUT2D eigenvalue weighted by molar-refractivity contribution is -0.888. The van der Waals surface area contributed by atoms with Gasteiger partial charge in [-0.15, -0.1) is 0 Å². The standard InChI is InChI=1S/C22H48N.C13H18O3/c1-5-7-8-9-10-11-12-13-14-15-16-17-18-19-20-21-22-23(3,4)6-2;1-2-3-4-5-10-16-12-8-6-11(7-9-12)13(14)15/h5-22H2,1-4H3;6-9H,2-5,10H2,1H3,(H,14,15)/q+1;/p-1. The fourth-order valence-electron chi connectivity index (χ4n) is 4.65. The largest absolute Gasteiger partial charge is 0.545 e. The second kappa shape index (κ2) is 26.7. The van der Waals surface area contributed by atoms with Gasteiger partial charge in [0.2, 0.25) is 0 Å². The normalized spacial score (nSPS) is 11.2. The predicted octanol–water partition coefficient (Wildman–Crippen LogP) is 9.35. The first-order chi connectivity index (χ1) is 18.9. The number of rotatable bonds is 25. The highest BCUT2D eigenvalue weighted by Crippen LogP contribution is 2.15. The van der Waals surface area contributed by atoms with Crippen LogP contribution in [0.5, 0.6) is 5.75 Å². The number of benzene rings is 1. The van der Waals surface area contributed by atoms with Crippen LogP contribution in [0.4, 0.5) is 0 Å². The molecule has 0 atom stereocenters. The van der Waals surface area contributed by atoms with Crippen LogP contribution >= 0.6 is 0 Å². The molecule has 0 unspecified atom stereocenters. The summed E-state index contributed by atoms with van der Waals surface area (Å²) in [7, 11) is 4.70. The van der Waals surface area contributed by atoms with Crippen molar-refractivity contribution in [2.24, 2.45) is 0 Å². The Hall–Kier alpha value is -1.55. The Morgan fingerprint density at radius 3 is 1.38 bits per heavy atom. The van der Waals surface area contributed by atoms with Crippen molar-refractivity contribution >= 4 is 5.97 Å². The first-order valence-corrected chi connectivity index (χ1v) is 16.6. The van der Waals surface area contributed by atoms with E-state index in [1.807, 2.05) is 0 Å². The Morgan fingerprint density at radius 2 is 1.00 bits per heavy atom. The first-order valence-electron chi connectivity index (χ1n) is 16.6. The van der Waals surface area contributed by atoms with Crippen LogP contribution in [0.2, 0.25) is 0 Å². The third-order valence-corrected chi connectivity index (χ3v) is 7.83. The fourth-order valence-corrected chi connectivity index (χ4v) is 4.65. The van der Waals surface area contributed by atoms with E-state index in [2.05, 4.69) is 34.9 Å². The van der Waals surface area contributed by atoms with E-state index >= 15 is 0 Å². The summed E-state index contributed by atoms with van der Waals surface area (Å²) in [5, 5.41) is 10.5. The van der Waals surface area contributed by atoms with Gasteiger partial charge in [-0.25, -0.2) is 0 Å². The minimum Gasteiger partial charge on any atom is -0.545 e. The molecule has 0 N–H and O–H groups in total. The van der Waals surface area contributed by atoms with E-state index in [0.717, 1.165) is 6.42 Å². The van der Waals surface area contributed by atoms with Crippen molar-refractivity contribution in [2.75, 3.05) is 33.8 Å². The molecular weight excluding hydrogens is 482 g/mol. The smallest absolute Gasteiger partial charge is 0.119 e. The number of aromatic carboxylic acids is 1. The molecule has 0 bridgehead atoms. The maximum atomic E-state index is 10.5. The lowest BCUT2D eigenvalue weighted by Gasteiger charge is -2.28. The van der Waals surface area contributed by atoms with Gasteiger partial charge in [-0.05, 0) is 56.0 Å². The molecule has 0 saturated heterocycles. The Morgan fingerprint density at radius 1 is 0.615 bits per heavy atom. The molecule has 0 aliphatic heterocycles. The van der Waals surface area contributed by atoms with Crippen LogP contribution in [0.25, 0.3) is 0 Å². The summed E-state index contributed by atoms with van der Waals surface area (Å²) in [6.45, 7) is 10.1. The maximum Gasteiger partial charge on any atom is 0.119 e. The molecule has 0 radical (unpaired) electrons. The van der Waals surface area contributed by atoms with Crippen LogP contribution in [0.15, 0.2) is 24.3 Å². The Bertz CT molecular complexity index is 656. The molecule has 1 rings (SSSR count). The lowest BCUT2D eigenvalue weighted by atomic mass is 10.0. The van der Waals surface area contributed by atoms with E-state index in [0.29, 0.717) is 12.4 Å². The van der Waals surface area contributed by atoms with Crippen molar-refractivity contribution in [1.29, 1.82) is 0 Å². The predicted molar refractivity (Wildman–Crippen MR) is 167 cm³/mol. The van der Waals surface area contributed by atoms with E-state index in [4.69, 9.17) is 4.74 Å². The molecule has 39 heavy (non-hydrogen) atoms. The van der Waals surface area contributed by atoms with Crippen LogP contribution in [0.1, 0.15) is 160 Å². The fraction of sp³-hybridized carbons (Fsp3) is 0.800. The summed E-state index contributed by atoms with van der Waals surface area (Å²) in [5.74, 6) is -0.448. The molecule has 0 aliphatic carbocycles. The summed E-state index contributed by atoms with van der Waals surface area (Å²) in [6, 6.07) is 6.31. The molecule has 0 fully saturated rings. The number of carboxylic acid groups (broad SMARTS) is 1. The van der Waals surface area contributed by atoms with Crippen LogP contribution < -0.4 is 9.84 Å². The zero-order valence-electron chi connectivity index (χ0n) is 26.7. The van der Waals surface area contributed by atoms with Crippen molar-refractivity contribution in [3.63, 3.8) is 0 Å². The third-order valence-electron chi connectivity index (χ3n) is 7.83. The van der Waals surface area contributed by atoms with Crippen molar-refractivity contribution in [1.82, 2.24) is 0 Å². The Balaban J connectivity index is 0.000000787. The molecule has 228 valence electrons. The van der Waals surface area contributed by atoms with Gasteiger partial charge < -0.3 is 19.1 Å². The van der Waals surface area contributed by atoms with Gasteiger partial charge in [-0.2, -0.15) is 0 Å². The quantitative estimate of drug-likeness (QED) is 0.0905. The molecule has 4 nitrogen and oxygen atoms in total. The molecule has 1 aromatic carbocycles. The van der Waals surface area contributed by atoms with Gasteiger partial charge >= 0.3 is 0 Å². The van der Waals surface area contributed by atoms with Crippen molar-refractivity contribution < 1.29 is 19.1 Å². The van der Waals surface area contributed by atoms with Gasteiger partial charge in [0.1, 0.15) is 5.75 Å². The molecular formula is C35H65NO3. The number of unbranched alkanes of at least 4 members (excludes halogenated alkanes) is 18. The Kier molecular flexibility index (Phi) is 25.6. The molecule has 4 heteroatoms. The lowest BCUT2D eigenvalue weighted by Crippen LogP contribution is -2.39. The molecule has 0 aliphatic rings. The average molecular weight is 548 g/mol. The minimum absolute atomic E-state index is 0.179. The van der Waals surface area contributed by atoms with Gasteiger partial charge in [0, 0.05) is 0 Å². The van der Waals surface area contributed by atoms with Crippen molar-refractivity contribution in [2.45, 2.75) is 149 Å². The number of quaternary nitrogens is 1. The van der Waals surface area contributed by atoms with Crippen LogP contribution in [-0.4, -0.2) is 44.2 Å². The summed E-state index contributed by atoms with van der Waals surface area (Å²) >= 11 is 0. The van der Waals surface area contributed by atoms with Crippen molar-refractivity contribution in [3.8, 4) is 5.75 Å². The van der Waals surface area contributed by atoms with E-state index in [9.17, 15) is 9.90 Å². The van der Waals surface area contributed by atoms with Crippen LogP contribution in [-0.2, 0) is 0 Å². The van der Waals surface area contributed by atoms with Gasteiger partial charge in [0.15, 0.2) is 0 Å². The van der Waals surface area contributed by atoms with Crippen LogP contribution in [0, 0.1) is 0 Å². The molecule has 0 amide bonds. The number of hydrogen-bond acceptors (Lipinski definition) is 3. The number of hydrogen-bond donors (Lipinski definition) is 0. The zero-order chi connectivity index (χ0) is 29.0. The van der Waals surface area contributed by atoms with Crippen LogP contribution in [0.3, 0.4) is 0 Å². The van der Waals surface area contributed by atoms with Gasteiger partial charge in [-0.3, -0.25) is 0 Å². The summed E-state index contributed by atoms with van der Waals surface area (Å²) in [5.41, 5.74) is 0.179. The first kappa shape index (κ1) is 37.5. The van der Waals surface area contributed by atoms with E-state index < -0.39 is 5.97 Å². The highest BCUT2D eigenvalue weighted by molar-refractivity contribution is 5.85. The van der Waals surface area contributed by atoms with E-state index in [1.165, 1.54) is 152 Å². The summed E-state index contributed by atoms with van der Waals surface area (Å²) in [6.07, 6.45) is 28.0. The zero-order valence-corrected chi connectivity index (χ0v) is 26.7. The molecule has 1 aromatic rings. The van der Waals surface area contributed by atoms with Gasteiger partial charge in [0.05, 0.1) is 39.8 Å². The number of carbonyl (C=O) groups excluding carboxylic acids is 1.